The highest BCUT2D eigenvalue weighted by Gasteiger charge is 2.33. The van der Waals surface area contributed by atoms with Crippen LogP contribution in [-0.4, -0.2) is 44.5 Å². The number of esters is 1. The Balaban J connectivity index is 1.87. The Kier molecular flexibility index (Phi) is 8.06. The van der Waals surface area contributed by atoms with Crippen LogP contribution < -0.4 is 29.3 Å². The number of ether oxygens (including phenoxy) is 3. The van der Waals surface area contributed by atoms with Crippen molar-refractivity contribution in [1.82, 2.24) is 4.57 Å². The standard InChI is InChI=1S/C29H33N3O5S/c1-8-36-28(34)25-18(4)30-29-32(26(25)20-10-12-21(13-11-20)31(5)6)27(33)24(38-29)16-19-9-14-22(37-17(2)3)23(15-19)35-7/h9-17,26H,8H2,1-7H3/b24-16-/t26-/m1/s1. The molecule has 1 aliphatic heterocycles. The molecule has 9 heteroatoms. The number of methoxy groups -OCH3 is 1. The normalized spacial score (nSPS) is 15.3. The molecule has 3 aromatic rings. The minimum atomic E-state index is -0.653. The van der Waals surface area contributed by atoms with E-state index in [-0.39, 0.29) is 18.3 Å². The largest absolute Gasteiger partial charge is 0.493 e. The summed E-state index contributed by atoms with van der Waals surface area (Å²) in [5.41, 5.74) is 3.27. The molecule has 0 aliphatic carbocycles. The van der Waals surface area contributed by atoms with E-state index in [2.05, 4.69) is 4.99 Å². The minimum absolute atomic E-state index is 0.00191. The summed E-state index contributed by atoms with van der Waals surface area (Å²) in [5, 5.41) is 0. The van der Waals surface area contributed by atoms with Crippen molar-refractivity contribution in [2.24, 2.45) is 4.99 Å². The monoisotopic (exact) mass is 535 g/mol. The van der Waals surface area contributed by atoms with Crippen molar-refractivity contribution < 1.29 is 19.0 Å². The van der Waals surface area contributed by atoms with E-state index in [1.54, 1.807) is 31.6 Å². The Hall–Kier alpha value is -3.85. The maximum atomic E-state index is 13.8. The molecule has 1 aliphatic rings. The Labute approximate surface area is 226 Å². The lowest BCUT2D eigenvalue weighted by molar-refractivity contribution is -0.139. The molecule has 0 saturated carbocycles. The lowest BCUT2D eigenvalue weighted by atomic mass is 9.95. The van der Waals surface area contributed by atoms with Crippen LogP contribution in [-0.2, 0) is 9.53 Å². The number of benzene rings is 2. The molecule has 8 nitrogen and oxygen atoms in total. The quantitative estimate of drug-likeness (QED) is 0.410. The summed E-state index contributed by atoms with van der Waals surface area (Å²) in [7, 11) is 5.51. The first kappa shape index (κ1) is 27.2. The minimum Gasteiger partial charge on any atom is -0.493 e. The molecule has 4 rings (SSSR count). The van der Waals surface area contributed by atoms with Crippen LogP contribution >= 0.6 is 11.3 Å². The van der Waals surface area contributed by atoms with E-state index >= 15 is 0 Å². The molecule has 1 atom stereocenters. The van der Waals surface area contributed by atoms with E-state index in [4.69, 9.17) is 14.2 Å². The Morgan fingerprint density at radius 3 is 2.47 bits per heavy atom. The summed E-state index contributed by atoms with van der Waals surface area (Å²) in [6.07, 6.45) is 1.81. The number of hydrogen-bond donors (Lipinski definition) is 0. The second-order valence-corrected chi connectivity index (χ2v) is 10.4. The van der Waals surface area contributed by atoms with Gasteiger partial charge in [-0.1, -0.05) is 29.5 Å². The third-order valence-corrected chi connectivity index (χ3v) is 7.07. The molecule has 200 valence electrons. The third-order valence-electron chi connectivity index (χ3n) is 6.09. The van der Waals surface area contributed by atoms with Gasteiger partial charge in [0, 0.05) is 19.8 Å². The molecule has 0 spiro atoms. The lowest BCUT2D eigenvalue weighted by Gasteiger charge is -2.25. The number of fused-ring (bicyclic) bond motifs is 1. The van der Waals surface area contributed by atoms with Crippen LogP contribution in [0, 0.1) is 0 Å². The number of thiazole rings is 1. The van der Waals surface area contributed by atoms with Gasteiger partial charge in [-0.25, -0.2) is 9.79 Å². The van der Waals surface area contributed by atoms with Crippen LogP contribution in [0.4, 0.5) is 5.69 Å². The van der Waals surface area contributed by atoms with Crippen LogP contribution in [0.1, 0.15) is 44.9 Å². The predicted molar refractivity (Wildman–Crippen MR) is 150 cm³/mol. The van der Waals surface area contributed by atoms with E-state index in [1.165, 1.54) is 11.3 Å². The van der Waals surface area contributed by atoms with Crippen LogP contribution in [0.2, 0.25) is 0 Å². The Morgan fingerprint density at radius 2 is 1.87 bits per heavy atom. The second kappa shape index (κ2) is 11.3. The molecule has 0 bridgehead atoms. The van der Waals surface area contributed by atoms with Gasteiger partial charge in [0.15, 0.2) is 16.3 Å². The van der Waals surface area contributed by atoms with Crippen molar-refractivity contribution in [3.63, 3.8) is 0 Å². The van der Waals surface area contributed by atoms with Crippen LogP contribution in [0.25, 0.3) is 6.08 Å². The van der Waals surface area contributed by atoms with Crippen LogP contribution in [0.3, 0.4) is 0 Å². The highest BCUT2D eigenvalue weighted by Crippen LogP contribution is 2.32. The van der Waals surface area contributed by atoms with Crippen molar-refractivity contribution in [3.05, 3.63) is 84.5 Å². The number of allylic oxidation sites excluding steroid dienone is 1. The highest BCUT2D eigenvalue weighted by atomic mass is 32.1. The van der Waals surface area contributed by atoms with Crippen molar-refractivity contribution >= 4 is 29.1 Å². The van der Waals surface area contributed by atoms with Crippen molar-refractivity contribution in [1.29, 1.82) is 0 Å². The van der Waals surface area contributed by atoms with E-state index in [0.29, 0.717) is 32.1 Å². The molecule has 0 radical (unpaired) electrons. The fourth-order valence-corrected chi connectivity index (χ4v) is 5.38. The first-order chi connectivity index (χ1) is 18.1. The third kappa shape index (κ3) is 5.38. The first-order valence-electron chi connectivity index (χ1n) is 12.5. The zero-order chi connectivity index (χ0) is 27.6. The maximum absolute atomic E-state index is 13.8. The number of carbonyl (C=O) groups is 1. The number of carbonyl (C=O) groups excluding carboxylic acids is 1. The summed E-state index contributed by atoms with van der Waals surface area (Å²) in [6, 6.07) is 12.7. The van der Waals surface area contributed by atoms with Gasteiger partial charge in [0.1, 0.15) is 0 Å². The van der Waals surface area contributed by atoms with Gasteiger partial charge in [-0.05, 0) is 69.2 Å². The summed E-state index contributed by atoms with van der Waals surface area (Å²) in [6.45, 7) is 7.67. The van der Waals surface area contributed by atoms with Crippen molar-refractivity contribution in [3.8, 4) is 11.5 Å². The SMILES string of the molecule is CCOC(=O)C1=C(C)N=c2s/c(=C\c3ccc(OC(C)C)c(OC)c3)c(=O)n2[C@@H]1c1ccc(N(C)C)cc1. The summed E-state index contributed by atoms with van der Waals surface area (Å²) >= 11 is 1.28. The molecule has 0 amide bonds. The smallest absolute Gasteiger partial charge is 0.338 e. The molecule has 0 unspecified atom stereocenters. The van der Waals surface area contributed by atoms with Crippen molar-refractivity contribution in [2.75, 3.05) is 32.7 Å². The summed E-state index contributed by atoms with van der Waals surface area (Å²) in [5.74, 6) is 0.742. The van der Waals surface area contributed by atoms with Gasteiger partial charge in [0.2, 0.25) is 0 Å². The van der Waals surface area contributed by atoms with E-state index in [0.717, 1.165) is 16.8 Å². The average molecular weight is 536 g/mol. The van der Waals surface area contributed by atoms with Crippen LogP contribution in [0.5, 0.6) is 11.5 Å². The second-order valence-electron chi connectivity index (χ2n) is 9.37. The Bertz CT molecular complexity index is 1550. The molecular formula is C29H33N3O5S. The molecule has 38 heavy (non-hydrogen) atoms. The number of nitrogens with zero attached hydrogens (tertiary/aromatic N) is 3. The zero-order valence-electron chi connectivity index (χ0n) is 22.8. The zero-order valence-corrected chi connectivity index (χ0v) is 23.6. The maximum Gasteiger partial charge on any atom is 0.338 e. The molecule has 0 fully saturated rings. The number of aromatic nitrogens is 1. The molecular weight excluding hydrogens is 502 g/mol. The summed E-state index contributed by atoms with van der Waals surface area (Å²) in [4.78, 5) is 34.1. The summed E-state index contributed by atoms with van der Waals surface area (Å²) < 4.78 is 18.8. The molecule has 2 aromatic carbocycles. The van der Waals surface area contributed by atoms with E-state index in [9.17, 15) is 9.59 Å². The van der Waals surface area contributed by atoms with Gasteiger partial charge in [-0.15, -0.1) is 0 Å². The predicted octanol–water partition coefficient (Wildman–Crippen LogP) is 3.66. The molecule has 1 aromatic heterocycles. The van der Waals surface area contributed by atoms with Gasteiger partial charge < -0.3 is 19.1 Å². The van der Waals surface area contributed by atoms with E-state index < -0.39 is 12.0 Å². The molecule has 0 N–H and O–H groups in total. The van der Waals surface area contributed by atoms with E-state index in [1.807, 2.05) is 75.3 Å². The fourth-order valence-electron chi connectivity index (χ4n) is 4.34. The number of hydrogen-bond acceptors (Lipinski definition) is 8. The molecule has 2 heterocycles. The fraction of sp³-hybridized carbons (Fsp3) is 0.345. The first-order valence-corrected chi connectivity index (χ1v) is 13.3. The lowest BCUT2D eigenvalue weighted by Crippen LogP contribution is -2.39. The van der Waals surface area contributed by atoms with Gasteiger partial charge in [0.25, 0.3) is 5.56 Å². The van der Waals surface area contributed by atoms with Crippen LogP contribution in [0.15, 0.2) is 63.5 Å². The van der Waals surface area contributed by atoms with Gasteiger partial charge >= 0.3 is 5.97 Å². The Morgan fingerprint density at radius 1 is 1.16 bits per heavy atom. The molecule has 0 saturated heterocycles. The highest BCUT2D eigenvalue weighted by molar-refractivity contribution is 7.07. The average Bonchev–Trinajstić information content (AvgIpc) is 3.18. The topological polar surface area (TPSA) is 82.4 Å². The number of rotatable bonds is 8. The van der Waals surface area contributed by atoms with Gasteiger partial charge in [-0.3, -0.25) is 9.36 Å². The van der Waals surface area contributed by atoms with Gasteiger partial charge in [0.05, 0.1) is 41.7 Å². The number of anilines is 1. The van der Waals surface area contributed by atoms with Crippen molar-refractivity contribution in [2.45, 2.75) is 39.8 Å². The van der Waals surface area contributed by atoms with Gasteiger partial charge in [-0.2, -0.15) is 0 Å².